The van der Waals surface area contributed by atoms with Crippen molar-refractivity contribution in [1.29, 1.82) is 0 Å². The molecule has 3 nitrogen and oxygen atoms in total. The summed E-state index contributed by atoms with van der Waals surface area (Å²) in [6.07, 6.45) is 1.97. The van der Waals surface area contributed by atoms with Crippen LogP contribution in [0.25, 0.3) is 0 Å². The van der Waals surface area contributed by atoms with Crippen LogP contribution >= 0.6 is 0 Å². The van der Waals surface area contributed by atoms with Crippen molar-refractivity contribution in [3.8, 4) is 0 Å². The molecule has 0 aliphatic carbocycles. The first-order valence-corrected chi connectivity index (χ1v) is 7.09. The van der Waals surface area contributed by atoms with Gasteiger partial charge >= 0.3 is 0 Å². The largest absolute Gasteiger partial charge is 0.344 e. The second kappa shape index (κ2) is 6.53. The van der Waals surface area contributed by atoms with Gasteiger partial charge in [-0.3, -0.25) is 4.98 Å². The number of hydrogen-bond acceptors (Lipinski definition) is 3. The summed E-state index contributed by atoms with van der Waals surface area (Å²) in [6, 6.07) is 10.6. The van der Waals surface area contributed by atoms with Crippen molar-refractivity contribution >= 4 is 11.4 Å². The number of anilines is 2. The Bertz CT molecular complexity index is 578. The molecular formula is C17H23N3. The molecule has 0 aliphatic rings. The van der Waals surface area contributed by atoms with Crippen LogP contribution in [0.15, 0.2) is 36.5 Å². The Morgan fingerprint density at radius 3 is 2.60 bits per heavy atom. The molecule has 0 aliphatic heterocycles. The molecule has 1 aromatic carbocycles. The van der Waals surface area contributed by atoms with Crippen LogP contribution in [-0.2, 0) is 6.54 Å². The lowest BCUT2D eigenvalue weighted by atomic mass is 10.1. The van der Waals surface area contributed by atoms with E-state index in [1.807, 2.05) is 13.1 Å². The number of aromatic nitrogens is 1. The maximum Gasteiger partial charge on any atom is 0.0487 e. The smallest absolute Gasteiger partial charge is 0.0487 e. The van der Waals surface area contributed by atoms with E-state index in [0.717, 1.165) is 18.8 Å². The number of nitrogens with zero attached hydrogens (tertiary/aromatic N) is 2. The van der Waals surface area contributed by atoms with Gasteiger partial charge in [-0.15, -0.1) is 0 Å². The zero-order valence-corrected chi connectivity index (χ0v) is 12.8. The number of benzene rings is 1. The highest BCUT2D eigenvalue weighted by atomic mass is 15.1. The molecule has 0 saturated carbocycles. The SMILES string of the molecule is CCNCc1cnc(C)cc1N(C)c1ccccc1C. The fraction of sp³-hybridized carbons (Fsp3) is 0.353. The normalized spacial score (nSPS) is 10.6. The molecular weight excluding hydrogens is 246 g/mol. The van der Waals surface area contributed by atoms with Crippen LogP contribution in [0.4, 0.5) is 11.4 Å². The van der Waals surface area contributed by atoms with Gasteiger partial charge in [-0.05, 0) is 38.1 Å². The molecule has 0 atom stereocenters. The average molecular weight is 269 g/mol. The Labute approximate surface area is 121 Å². The molecule has 106 valence electrons. The lowest BCUT2D eigenvalue weighted by Crippen LogP contribution is -2.18. The summed E-state index contributed by atoms with van der Waals surface area (Å²) in [5.41, 5.74) is 5.99. The molecule has 0 amide bonds. The number of para-hydroxylation sites is 1. The molecule has 0 unspecified atom stereocenters. The Morgan fingerprint density at radius 1 is 1.15 bits per heavy atom. The fourth-order valence-corrected chi connectivity index (χ4v) is 2.35. The van der Waals surface area contributed by atoms with Gasteiger partial charge in [-0.1, -0.05) is 25.1 Å². The van der Waals surface area contributed by atoms with E-state index in [1.165, 1.54) is 22.5 Å². The van der Waals surface area contributed by atoms with E-state index in [-0.39, 0.29) is 0 Å². The Kier molecular flexibility index (Phi) is 4.74. The minimum atomic E-state index is 0.843. The van der Waals surface area contributed by atoms with E-state index in [9.17, 15) is 0 Å². The third kappa shape index (κ3) is 3.17. The van der Waals surface area contributed by atoms with Crippen molar-refractivity contribution in [3.63, 3.8) is 0 Å². The molecule has 1 aromatic heterocycles. The summed E-state index contributed by atoms with van der Waals surface area (Å²) in [7, 11) is 2.12. The number of hydrogen-bond donors (Lipinski definition) is 1. The van der Waals surface area contributed by atoms with Gasteiger partial charge in [0.25, 0.3) is 0 Å². The summed E-state index contributed by atoms with van der Waals surface area (Å²) in [5.74, 6) is 0. The zero-order chi connectivity index (χ0) is 14.5. The highest BCUT2D eigenvalue weighted by molar-refractivity contribution is 5.68. The molecule has 1 N–H and O–H groups in total. The lowest BCUT2D eigenvalue weighted by Gasteiger charge is -2.24. The van der Waals surface area contributed by atoms with Crippen molar-refractivity contribution in [1.82, 2.24) is 10.3 Å². The van der Waals surface area contributed by atoms with Gasteiger partial charge in [0.05, 0.1) is 0 Å². The van der Waals surface area contributed by atoms with Crippen molar-refractivity contribution in [2.45, 2.75) is 27.3 Å². The molecule has 1 heterocycles. The Hall–Kier alpha value is -1.87. The van der Waals surface area contributed by atoms with Crippen LogP contribution in [-0.4, -0.2) is 18.6 Å². The topological polar surface area (TPSA) is 28.2 Å². The first-order valence-electron chi connectivity index (χ1n) is 7.09. The van der Waals surface area contributed by atoms with Gasteiger partial charge in [-0.2, -0.15) is 0 Å². The van der Waals surface area contributed by atoms with Crippen LogP contribution in [0.2, 0.25) is 0 Å². The average Bonchev–Trinajstić information content (AvgIpc) is 2.46. The number of rotatable bonds is 5. The molecule has 0 saturated heterocycles. The first-order chi connectivity index (χ1) is 9.63. The molecule has 20 heavy (non-hydrogen) atoms. The monoisotopic (exact) mass is 269 g/mol. The van der Waals surface area contributed by atoms with E-state index < -0.39 is 0 Å². The van der Waals surface area contributed by atoms with Crippen LogP contribution in [0, 0.1) is 13.8 Å². The molecule has 0 fully saturated rings. The highest BCUT2D eigenvalue weighted by Gasteiger charge is 2.11. The van der Waals surface area contributed by atoms with Crippen LogP contribution < -0.4 is 10.2 Å². The molecule has 0 bridgehead atoms. The third-order valence-corrected chi connectivity index (χ3v) is 3.50. The van der Waals surface area contributed by atoms with Crippen LogP contribution in [0.1, 0.15) is 23.7 Å². The van der Waals surface area contributed by atoms with E-state index in [0.29, 0.717) is 0 Å². The second-order valence-electron chi connectivity index (χ2n) is 5.08. The van der Waals surface area contributed by atoms with E-state index in [2.05, 4.69) is 66.4 Å². The quantitative estimate of drug-likeness (QED) is 0.899. The third-order valence-electron chi connectivity index (χ3n) is 3.50. The van der Waals surface area contributed by atoms with Gasteiger partial charge in [-0.25, -0.2) is 0 Å². The summed E-state index contributed by atoms with van der Waals surface area (Å²) < 4.78 is 0. The molecule has 0 spiro atoms. The highest BCUT2D eigenvalue weighted by Crippen LogP contribution is 2.29. The predicted molar refractivity (Wildman–Crippen MR) is 85.6 cm³/mol. The maximum absolute atomic E-state index is 4.42. The van der Waals surface area contributed by atoms with E-state index in [1.54, 1.807) is 0 Å². The molecule has 0 radical (unpaired) electrons. The van der Waals surface area contributed by atoms with Crippen molar-refractivity contribution in [2.75, 3.05) is 18.5 Å². The van der Waals surface area contributed by atoms with Crippen LogP contribution in [0.5, 0.6) is 0 Å². The number of nitrogens with one attached hydrogen (secondary N) is 1. The minimum Gasteiger partial charge on any atom is -0.344 e. The van der Waals surface area contributed by atoms with Gasteiger partial charge in [0.2, 0.25) is 0 Å². The molecule has 3 heteroatoms. The predicted octanol–water partition coefficient (Wildman–Crippen LogP) is 3.58. The van der Waals surface area contributed by atoms with Gasteiger partial charge in [0.1, 0.15) is 0 Å². The summed E-state index contributed by atoms with van der Waals surface area (Å²) in [5, 5.41) is 3.38. The van der Waals surface area contributed by atoms with Gasteiger partial charge < -0.3 is 10.2 Å². The number of aryl methyl sites for hydroxylation is 2. The Morgan fingerprint density at radius 2 is 1.90 bits per heavy atom. The first kappa shape index (κ1) is 14.5. The van der Waals surface area contributed by atoms with Crippen LogP contribution in [0.3, 0.4) is 0 Å². The second-order valence-corrected chi connectivity index (χ2v) is 5.08. The van der Waals surface area contributed by atoms with Gasteiger partial charge in [0.15, 0.2) is 0 Å². The lowest BCUT2D eigenvalue weighted by molar-refractivity contribution is 0.723. The zero-order valence-electron chi connectivity index (χ0n) is 12.8. The minimum absolute atomic E-state index is 0.843. The maximum atomic E-state index is 4.42. The van der Waals surface area contributed by atoms with Crippen molar-refractivity contribution < 1.29 is 0 Å². The van der Waals surface area contributed by atoms with Crippen molar-refractivity contribution in [2.24, 2.45) is 0 Å². The standard InChI is InChI=1S/C17H23N3/c1-5-18-11-15-12-19-14(3)10-17(15)20(4)16-9-7-6-8-13(16)2/h6-10,12,18H,5,11H2,1-4H3. The summed E-state index contributed by atoms with van der Waals surface area (Å²) >= 11 is 0. The van der Waals surface area contributed by atoms with Gasteiger partial charge in [0, 0.05) is 42.4 Å². The van der Waals surface area contributed by atoms with Crippen molar-refractivity contribution in [3.05, 3.63) is 53.3 Å². The van der Waals surface area contributed by atoms with E-state index >= 15 is 0 Å². The Balaban J connectivity index is 2.40. The summed E-state index contributed by atoms with van der Waals surface area (Å²) in [4.78, 5) is 6.67. The summed E-state index contributed by atoms with van der Waals surface area (Å²) in [6.45, 7) is 8.10. The molecule has 2 aromatic rings. The van der Waals surface area contributed by atoms with E-state index in [4.69, 9.17) is 0 Å². The number of pyridine rings is 1. The fourth-order valence-electron chi connectivity index (χ4n) is 2.35. The molecule has 2 rings (SSSR count).